The van der Waals surface area contributed by atoms with Crippen molar-refractivity contribution in [3.63, 3.8) is 0 Å². The Bertz CT molecular complexity index is 583. The van der Waals surface area contributed by atoms with Gasteiger partial charge in [0.15, 0.2) is 0 Å². The quantitative estimate of drug-likeness (QED) is 0.515. The number of amides is 1. The summed E-state index contributed by atoms with van der Waals surface area (Å²) in [4.78, 5) is 12.8. The second-order valence-corrected chi connectivity index (χ2v) is 5.44. The molecule has 0 saturated carbocycles. The van der Waals surface area contributed by atoms with E-state index in [2.05, 4.69) is 23.6 Å². The summed E-state index contributed by atoms with van der Waals surface area (Å²) in [6.45, 7) is 6.03. The number of para-hydroxylation sites is 1. The first-order valence-corrected chi connectivity index (χ1v) is 8.16. The number of likely N-dealkylation sites (tertiary alicyclic amines) is 1. The summed E-state index contributed by atoms with van der Waals surface area (Å²) in [6, 6.07) is 17.6. The van der Waals surface area contributed by atoms with E-state index in [1.807, 2.05) is 54.6 Å². The summed E-state index contributed by atoms with van der Waals surface area (Å²) >= 11 is 0. The number of hydrogen-bond acceptors (Lipinski definition) is 2. The summed E-state index contributed by atoms with van der Waals surface area (Å²) in [7, 11) is 0. The second-order valence-electron chi connectivity index (χ2n) is 5.44. The van der Waals surface area contributed by atoms with Gasteiger partial charge in [0, 0.05) is 0 Å². The van der Waals surface area contributed by atoms with Crippen LogP contribution in [0.15, 0.2) is 54.6 Å². The molecule has 1 heterocycles. The van der Waals surface area contributed by atoms with Crippen LogP contribution in [-0.4, -0.2) is 30.9 Å². The Hall–Kier alpha value is -1.44. The van der Waals surface area contributed by atoms with Gasteiger partial charge in [-0.15, -0.1) is 11.8 Å². The third kappa shape index (κ3) is 6.58. The normalized spacial score (nSPS) is 13.9. The first-order chi connectivity index (χ1) is 11.3. The zero-order chi connectivity index (χ0) is 16.3. The van der Waals surface area contributed by atoms with Crippen LogP contribution < -0.4 is 5.32 Å². The minimum absolute atomic E-state index is 0. The Balaban J connectivity index is 0.000000273. The van der Waals surface area contributed by atoms with E-state index in [0.717, 1.165) is 16.8 Å². The molecule has 4 heteroatoms. The van der Waals surface area contributed by atoms with Crippen molar-refractivity contribution in [1.82, 2.24) is 4.90 Å². The van der Waals surface area contributed by atoms with E-state index in [0.29, 0.717) is 0 Å². The molecule has 0 unspecified atom stereocenters. The summed E-state index contributed by atoms with van der Waals surface area (Å²) < 4.78 is 0. The van der Waals surface area contributed by atoms with Crippen molar-refractivity contribution in [3.05, 3.63) is 61.0 Å². The van der Waals surface area contributed by atoms with E-state index in [4.69, 9.17) is 0 Å². The number of nitrogens with zero attached hydrogens (tertiary/aromatic N) is 1. The fraction of sp³-hybridized carbons (Fsp3) is 0.300. The average molecular weight is 492 g/mol. The number of carbonyl (C=O) groups excluding carboxylic acids is 1. The molecule has 0 bridgehead atoms. The zero-order valence-corrected chi connectivity index (χ0v) is 17.0. The largest absolute Gasteiger partial charge is 2.00 e. The summed E-state index contributed by atoms with van der Waals surface area (Å²) in [5, 5.41) is 2.57. The van der Waals surface area contributed by atoms with Gasteiger partial charge in [0.05, 0.1) is 6.41 Å². The van der Waals surface area contributed by atoms with Gasteiger partial charge in [0.25, 0.3) is 0 Å². The van der Waals surface area contributed by atoms with Crippen LogP contribution in [0.25, 0.3) is 11.1 Å². The smallest absolute Gasteiger partial charge is 0.490 e. The van der Waals surface area contributed by atoms with Crippen molar-refractivity contribution in [1.29, 1.82) is 0 Å². The van der Waals surface area contributed by atoms with Gasteiger partial charge in [-0.1, -0.05) is 61.0 Å². The van der Waals surface area contributed by atoms with Crippen LogP contribution in [-0.2, 0) is 25.9 Å². The van der Waals surface area contributed by atoms with Gasteiger partial charge in [-0.05, 0) is 25.2 Å². The van der Waals surface area contributed by atoms with Crippen molar-refractivity contribution in [3.8, 4) is 11.1 Å². The fourth-order valence-electron chi connectivity index (χ4n) is 2.64. The van der Waals surface area contributed by atoms with Crippen LogP contribution in [0.5, 0.6) is 0 Å². The topological polar surface area (TPSA) is 32.3 Å². The molecule has 2 aromatic carbocycles. The predicted octanol–water partition coefficient (Wildman–Crippen LogP) is 4.14. The molecule has 2 aromatic rings. The molecule has 1 amide bonds. The van der Waals surface area contributed by atoms with Gasteiger partial charge in [-0.2, -0.15) is 12.8 Å². The monoisotopic (exact) mass is 492 g/mol. The molecule has 126 valence electrons. The number of nitrogens with one attached hydrogen (secondary N) is 1. The van der Waals surface area contributed by atoms with Crippen LogP contribution in [0.3, 0.4) is 0 Å². The van der Waals surface area contributed by atoms with E-state index < -0.39 is 0 Å². The molecule has 0 spiro atoms. The van der Waals surface area contributed by atoms with Gasteiger partial charge < -0.3 is 21.4 Å². The van der Waals surface area contributed by atoms with Crippen LogP contribution in [0.1, 0.15) is 19.8 Å². The van der Waals surface area contributed by atoms with Gasteiger partial charge >= 0.3 is 21.1 Å². The SMILES string of the molecule is CCN1CC[CH-]CC1.O=[C-]Nc1ccccc1-c1ccccc1.[W+2]. The molecule has 1 aliphatic rings. The van der Waals surface area contributed by atoms with Gasteiger partial charge in [0.2, 0.25) is 0 Å². The van der Waals surface area contributed by atoms with E-state index in [1.54, 1.807) is 6.41 Å². The third-order valence-corrected chi connectivity index (χ3v) is 3.94. The van der Waals surface area contributed by atoms with Crippen molar-refractivity contribution >= 4 is 12.1 Å². The molecule has 3 rings (SSSR count). The molecule has 1 aliphatic heterocycles. The molecule has 0 aliphatic carbocycles. The van der Waals surface area contributed by atoms with Crippen molar-refractivity contribution < 1.29 is 25.9 Å². The van der Waals surface area contributed by atoms with Crippen LogP contribution >= 0.6 is 0 Å². The zero-order valence-electron chi connectivity index (χ0n) is 14.1. The molecular formula is C20H24N2OW. The van der Waals surface area contributed by atoms with Crippen molar-refractivity contribution in [2.24, 2.45) is 0 Å². The van der Waals surface area contributed by atoms with E-state index in [9.17, 15) is 4.79 Å². The van der Waals surface area contributed by atoms with Crippen LogP contribution in [0, 0.1) is 6.42 Å². The fourth-order valence-corrected chi connectivity index (χ4v) is 2.64. The first kappa shape index (κ1) is 20.6. The van der Waals surface area contributed by atoms with Gasteiger partial charge in [-0.25, -0.2) is 0 Å². The Morgan fingerprint density at radius 2 is 1.67 bits per heavy atom. The maximum Gasteiger partial charge on any atom is 2.00 e. The molecule has 0 radical (unpaired) electrons. The van der Waals surface area contributed by atoms with Crippen molar-refractivity contribution in [2.75, 3.05) is 25.0 Å². The van der Waals surface area contributed by atoms with E-state index in [1.165, 1.54) is 32.5 Å². The molecule has 1 N–H and O–H groups in total. The Morgan fingerprint density at radius 1 is 1.04 bits per heavy atom. The molecule has 1 fully saturated rings. The summed E-state index contributed by atoms with van der Waals surface area (Å²) in [6.07, 6.45) is 6.67. The molecule has 0 aromatic heterocycles. The molecular weight excluding hydrogens is 468 g/mol. The summed E-state index contributed by atoms with van der Waals surface area (Å²) in [5.74, 6) is 0. The Labute approximate surface area is 159 Å². The maximum absolute atomic E-state index is 10.3. The Kier molecular flexibility index (Phi) is 10.3. The van der Waals surface area contributed by atoms with Gasteiger partial charge in [-0.3, -0.25) is 0 Å². The second kappa shape index (κ2) is 12.0. The molecule has 0 atom stereocenters. The van der Waals surface area contributed by atoms with E-state index in [-0.39, 0.29) is 21.1 Å². The predicted molar refractivity (Wildman–Crippen MR) is 96.8 cm³/mol. The van der Waals surface area contributed by atoms with Gasteiger partial charge in [0.1, 0.15) is 0 Å². The van der Waals surface area contributed by atoms with Crippen LogP contribution in [0.4, 0.5) is 5.69 Å². The molecule has 3 nitrogen and oxygen atoms in total. The van der Waals surface area contributed by atoms with E-state index >= 15 is 0 Å². The third-order valence-electron chi connectivity index (χ3n) is 3.94. The number of piperidine rings is 1. The number of benzene rings is 2. The number of anilines is 1. The first-order valence-electron chi connectivity index (χ1n) is 8.16. The van der Waals surface area contributed by atoms with Crippen molar-refractivity contribution in [2.45, 2.75) is 19.8 Å². The summed E-state index contributed by atoms with van der Waals surface area (Å²) in [5.41, 5.74) is 2.86. The number of rotatable bonds is 4. The average Bonchev–Trinajstić information content (AvgIpc) is 2.64. The van der Waals surface area contributed by atoms with Crippen LogP contribution in [0.2, 0.25) is 0 Å². The molecule has 24 heavy (non-hydrogen) atoms. The minimum atomic E-state index is 0. The number of hydrogen-bond donors (Lipinski definition) is 1. The molecule has 1 saturated heterocycles. The minimum Gasteiger partial charge on any atom is -0.490 e. The standard InChI is InChI=1S/C13H10NO.C7H14N.W/c15-10-14-13-9-5-4-8-12(13)11-6-2-1-3-7-11;1-2-8-6-4-3-5-7-8;/h1-9H,(H,14,15);3H,2,4-7H2,1H3;/q2*-1;+2. The maximum atomic E-state index is 10.3. The Morgan fingerprint density at radius 3 is 2.25 bits per heavy atom.